The van der Waals surface area contributed by atoms with Gasteiger partial charge >= 0.3 is 0 Å². The lowest BCUT2D eigenvalue weighted by atomic mass is 10.1. The molecule has 0 spiro atoms. The van der Waals surface area contributed by atoms with Crippen molar-refractivity contribution in [3.8, 4) is 0 Å². The third-order valence-electron chi connectivity index (χ3n) is 2.36. The molecule has 3 heteroatoms. The van der Waals surface area contributed by atoms with Crippen molar-refractivity contribution < 1.29 is 10.3 Å². The Bertz CT molecular complexity index is 350. The molecule has 1 aromatic rings. The van der Waals surface area contributed by atoms with Crippen molar-refractivity contribution in [3.05, 3.63) is 42.0 Å². The molecule has 0 bridgehead atoms. The first-order chi connectivity index (χ1) is 6.25. The van der Waals surface area contributed by atoms with Crippen LogP contribution in [0.2, 0.25) is 0 Å². The van der Waals surface area contributed by atoms with Gasteiger partial charge in [0.25, 0.3) is 5.91 Å². The second kappa shape index (κ2) is 3.64. The van der Waals surface area contributed by atoms with Crippen molar-refractivity contribution in [2.75, 3.05) is 6.54 Å². The summed E-state index contributed by atoms with van der Waals surface area (Å²) in [5.41, 5.74) is 2.56. The van der Waals surface area contributed by atoms with E-state index in [-0.39, 0.29) is 11.4 Å². The molecule has 1 aliphatic heterocycles. The Morgan fingerprint density at radius 1 is 1.29 bits per heavy atom. The Balaban J connectivity index is 0.000000980. The second-order valence-electron chi connectivity index (χ2n) is 3.04. The Morgan fingerprint density at radius 2 is 1.86 bits per heavy atom. The van der Waals surface area contributed by atoms with Gasteiger partial charge in [-0.2, -0.15) is 0 Å². The van der Waals surface area contributed by atoms with Gasteiger partial charge in [0.1, 0.15) is 0 Å². The van der Waals surface area contributed by atoms with E-state index in [2.05, 4.69) is 6.58 Å². The predicted octanol–water partition coefficient (Wildman–Crippen LogP) is 1.31. The molecule has 0 aliphatic carbocycles. The molecular formula is C11H13NO2. The highest BCUT2D eigenvalue weighted by atomic mass is 16.2. The summed E-state index contributed by atoms with van der Waals surface area (Å²) >= 11 is 0. The number of rotatable bonds is 1. The highest BCUT2D eigenvalue weighted by Crippen LogP contribution is 2.30. The van der Waals surface area contributed by atoms with Gasteiger partial charge in [0.15, 0.2) is 0 Å². The van der Waals surface area contributed by atoms with E-state index in [9.17, 15) is 4.79 Å². The van der Waals surface area contributed by atoms with E-state index >= 15 is 0 Å². The second-order valence-corrected chi connectivity index (χ2v) is 3.04. The van der Waals surface area contributed by atoms with Gasteiger partial charge in [0, 0.05) is 23.4 Å². The van der Waals surface area contributed by atoms with Crippen LogP contribution >= 0.6 is 0 Å². The zero-order valence-corrected chi connectivity index (χ0v) is 8.08. The van der Waals surface area contributed by atoms with Crippen molar-refractivity contribution in [2.24, 2.45) is 0 Å². The summed E-state index contributed by atoms with van der Waals surface area (Å²) in [4.78, 5) is 13.4. The van der Waals surface area contributed by atoms with Gasteiger partial charge in [0.05, 0.1) is 0 Å². The van der Waals surface area contributed by atoms with Crippen molar-refractivity contribution in [1.82, 2.24) is 4.90 Å². The molecule has 14 heavy (non-hydrogen) atoms. The molecule has 3 nitrogen and oxygen atoms in total. The number of nitrogens with zero attached hydrogens (tertiary/aromatic N) is 1. The third kappa shape index (κ3) is 1.22. The van der Waals surface area contributed by atoms with E-state index in [1.165, 1.54) is 0 Å². The van der Waals surface area contributed by atoms with Crippen molar-refractivity contribution in [2.45, 2.75) is 6.92 Å². The maximum atomic E-state index is 11.7. The summed E-state index contributed by atoms with van der Waals surface area (Å²) in [6.45, 7) is 6.54. The standard InChI is InChI=1S/C11H11NO.H2O/c1-3-12-8(2)9-6-4-5-7-10(9)11(12)13;/h4-7H,2-3H2,1H3;1H2. The molecule has 0 fully saturated rings. The fraction of sp³-hybridized carbons (Fsp3) is 0.182. The van der Waals surface area contributed by atoms with Crippen LogP contribution in [-0.2, 0) is 0 Å². The molecule has 0 aromatic heterocycles. The zero-order valence-electron chi connectivity index (χ0n) is 8.08. The third-order valence-corrected chi connectivity index (χ3v) is 2.36. The van der Waals surface area contributed by atoms with Crippen LogP contribution in [0.1, 0.15) is 22.8 Å². The van der Waals surface area contributed by atoms with E-state index in [4.69, 9.17) is 0 Å². The van der Waals surface area contributed by atoms with E-state index in [0.29, 0.717) is 6.54 Å². The molecule has 74 valence electrons. The lowest BCUT2D eigenvalue weighted by Crippen LogP contribution is -2.21. The van der Waals surface area contributed by atoms with Crippen LogP contribution < -0.4 is 0 Å². The molecule has 0 saturated carbocycles. The Morgan fingerprint density at radius 3 is 2.36 bits per heavy atom. The average molecular weight is 191 g/mol. The van der Waals surface area contributed by atoms with Gasteiger partial charge in [-0.3, -0.25) is 4.79 Å². The average Bonchev–Trinajstić information content (AvgIpc) is 2.41. The molecule has 1 heterocycles. The Hall–Kier alpha value is -1.61. The molecule has 2 rings (SSSR count). The van der Waals surface area contributed by atoms with Crippen LogP contribution in [-0.4, -0.2) is 22.8 Å². The van der Waals surface area contributed by atoms with Crippen LogP contribution in [0.3, 0.4) is 0 Å². The summed E-state index contributed by atoms with van der Waals surface area (Å²) in [6.07, 6.45) is 0. The minimum Gasteiger partial charge on any atom is -0.412 e. The Labute approximate surface area is 83.0 Å². The minimum absolute atomic E-state index is 0. The van der Waals surface area contributed by atoms with E-state index in [1.54, 1.807) is 4.90 Å². The summed E-state index contributed by atoms with van der Waals surface area (Å²) in [6, 6.07) is 7.59. The minimum atomic E-state index is 0. The lowest BCUT2D eigenvalue weighted by Gasteiger charge is -2.13. The molecule has 1 amide bonds. The molecule has 0 atom stereocenters. The van der Waals surface area contributed by atoms with Crippen LogP contribution in [0.5, 0.6) is 0 Å². The monoisotopic (exact) mass is 191 g/mol. The molecular weight excluding hydrogens is 178 g/mol. The number of fused-ring (bicyclic) bond motifs is 1. The van der Waals surface area contributed by atoms with E-state index in [1.807, 2.05) is 31.2 Å². The van der Waals surface area contributed by atoms with E-state index in [0.717, 1.165) is 16.8 Å². The topological polar surface area (TPSA) is 51.8 Å². The van der Waals surface area contributed by atoms with Crippen LogP contribution in [0.15, 0.2) is 30.8 Å². The number of carbonyl (C=O) groups excluding carboxylic acids is 1. The lowest BCUT2D eigenvalue weighted by molar-refractivity contribution is 0.0856. The molecule has 0 saturated heterocycles. The first kappa shape index (κ1) is 10.5. The SMILES string of the molecule is C=C1c2ccccc2C(=O)N1CC.O. The van der Waals surface area contributed by atoms with Crippen LogP contribution in [0.4, 0.5) is 0 Å². The number of carbonyl (C=O) groups is 1. The maximum absolute atomic E-state index is 11.7. The highest BCUT2D eigenvalue weighted by Gasteiger charge is 2.28. The molecule has 2 N–H and O–H groups in total. The van der Waals surface area contributed by atoms with Crippen molar-refractivity contribution >= 4 is 11.6 Å². The van der Waals surface area contributed by atoms with Crippen LogP contribution in [0, 0.1) is 0 Å². The maximum Gasteiger partial charge on any atom is 0.258 e. The summed E-state index contributed by atoms with van der Waals surface area (Å²) in [7, 11) is 0. The Kier molecular flexibility index (Phi) is 2.72. The van der Waals surface area contributed by atoms with Gasteiger partial charge in [-0.05, 0) is 13.0 Å². The molecule has 0 unspecified atom stereocenters. The number of benzene rings is 1. The van der Waals surface area contributed by atoms with Crippen LogP contribution in [0.25, 0.3) is 5.70 Å². The first-order valence-corrected chi connectivity index (χ1v) is 4.36. The zero-order chi connectivity index (χ0) is 9.42. The molecule has 1 aliphatic rings. The predicted molar refractivity (Wildman–Crippen MR) is 55.8 cm³/mol. The van der Waals surface area contributed by atoms with Gasteiger partial charge in [-0.1, -0.05) is 24.8 Å². The summed E-state index contributed by atoms with van der Waals surface area (Å²) < 4.78 is 0. The van der Waals surface area contributed by atoms with Gasteiger partial charge in [-0.15, -0.1) is 0 Å². The summed E-state index contributed by atoms with van der Waals surface area (Å²) in [5.74, 6) is 0.0723. The number of hydrogen-bond donors (Lipinski definition) is 0. The summed E-state index contributed by atoms with van der Waals surface area (Å²) in [5, 5.41) is 0. The van der Waals surface area contributed by atoms with Gasteiger partial charge in [0.2, 0.25) is 0 Å². The normalized spacial score (nSPS) is 13.9. The van der Waals surface area contributed by atoms with E-state index < -0.39 is 0 Å². The largest absolute Gasteiger partial charge is 0.412 e. The fourth-order valence-electron chi connectivity index (χ4n) is 1.67. The van der Waals surface area contributed by atoms with Crippen molar-refractivity contribution in [3.63, 3.8) is 0 Å². The molecule has 1 aromatic carbocycles. The smallest absolute Gasteiger partial charge is 0.258 e. The quantitative estimate of drug-likeness (QED) is 0.660. The number of amides is 1. The first-order valence-electron chi connectivity index (χ1n) is 4.36. The van der Waals surface area contributed by atoms with Gasteiger partial charge in [-0.25, -0.2) is 0 Å². The fourth-order valence-corrected chi connectivity index (χ4v) is 1.67. The van der Waals surface area contributed by atoms with Crippen molar-refractivity contribution in [1.29, 1.82) is 0 Å². The highest BCUT2D eigenvalue weighted by molar-refractivity contribution is 6.08. The van der Waals surface area contributed by atoms with Gasteiger partial charge < -0.3 is 10.4 Å². The number of hydrogen-bond acceptors (Lipinski definition) is 1. The molecule has 0 radical (unpaired) electrons.